The highest BCUT2D eigenvalue weighted by Crippen LogP contribution is 2.03. The number of hydrogen-bond donors (Lipinski definition) is 1. The topological polar surface area (TPSA) is 54.4 Å². The molecule has 0 aliphatic carbocycles. The first kappa shape index (κ1) is 11.9. The molecule has 0 aromatic heterocycles. The predicted molar refractivity (Wildman–Crippen MR) is 60.3 cm³/mol. The zero-order valence-electron chi connectivity index (χ0n) is 8.55. The molecule has 1 aromatic carbocycles. The molecule has 1 rings (SSSR count). The van der Waals surface area contributed by atoms with Crippen molar-refractivity contribution in [1.29, 1.82) is 0 Å². The molecule has 0 fully saturated rings. The minimum absolute atomic E-state index is 0.400. The fourth-order valence-electron chi connectivity index (χ4n) is 1.15. The molecule has 2 unspecified atom stereocenters. The van der Waals surface area contributed by atoms with Crippen molar-refractivity contribution in [3.63, 3.8) is 0 Å². The standard InChI is InChI=1S/C11H14O3S/c1-9(11(12)13)15(14)8-7-10-5-3-2-4-6-10/h2-6,9H,7-8H2,1H3,(H,12,13). The molecule has 1 aromatic rings. The van der Waals surface area contributed by atoms with E-state index in [1.807, 2.05) is 30.3 Å². The summed E-state index contributed by atoms with van der Waals surface area (Å²) < 4.78 is 11.5. The van der Waals surface area contributed by atoms with Gasteiger partial charge in [-0.1, -0.05) is 30.3 Å². The van der Waals surface area contributed by atoms with Gasteiger partial charge in [0.2, 0.25) is 0 Å². The number of aryl methyl sites for hydroxylation is 1. The second kappa shape index (κ2) is 5.66. The molecule has 0 saturated carbocycles. The normalized spacial score (nSPS) is 14.5. The minimum atomic E-state index is -1.29. The van der Waals surface area contributed by atoms with Crippen LogP contribution in [0.25, 0.3) is 0 Å². The molecular weight excluding hydrogens is 212 g/mol. The number of benzene rings is 1. The smallest absolute Gasteiger partial charge is 0.318 e. The van der Waals surface area contributed by atoms with Gasteiger partial charge in [0.05, 0.1) is 0 Å². The lowest BCUT2D eigenvalue weighted by Gasteiger charge is -2.06. The summed E-state index contributed by atoms with van der Waals surface area (Å²) in [5, 5.41) is 7.87. The summed E-state index contributed by atoms with van der Waals surface area (Å²) in [7, 11) is -1.29. The zero-order valence-corrected chi connectivity index (χ0v) is 9.37. The molecule has 0 saturated heterocycles. The monoisotopic (exact) mass is 226 g/mol. The van der Waals surface area contributed by atoms with Crippen molar-refractivity contribution in [2.24, 2.45) is 0 Å². The van der Waals surface area contributed by atoms with Gasteiger partial charge in [-0.3, -0.25) is 9.00 Å². The van der Waals surface area contributed by atoms with Crippen molar-refractivity contribution < 1.29 is 14.1 Å². The second-order valence-electron chi connectivity index (χ2n) is 3.30. The van der Waals surface area contributed by atoms with Gasteiger partial charge < -0.3 is 5.11 Å². The van der Waals surface area contributed by atoms with Crippen molar-refractivity contribution >= 4 is 16.8 Å². The molecule has 0 aliphatic heterocycles. The van der Waals surface area contributed by atoms with Gasteiger partial charge in [0, 0.05) is 16.6 Å². The number of aliphatic carboxylic acids is 1. The van der Waals surface area contributed by atoms with Crippen LogP contribution in [-0.4, -0.2) is 26.3 Å². The third-order valence-electron chi connectivity index (χ3n) is 2.18. The summed E-state index contributed by atoms with van der Waals surface area (Å²) >= 11 is 0. The first-order valence-electron chi connectivity index (χ1n) is 4.75. The van der Waals surface area contributed by atoms with Crippen LogP contribution in [0.5, 0.6) is 0 Å². The highest BCUT2D eigenvalue weighted by atomic mass is 32.2. The highest BCUT2D eigenvalue weighted by Gasteiger charge is 2.18. The molecule has 3 nitrogen and oxygen atoms in total. The summed E-state index contributed by atoms with van der Waals surface area (Å²) in [5.74, 6) is -0.598. The fourth-order valence-corrected chi connectivity index (χ4v) is 2.17. The number of hydrogen-bond acceptors (Lipinski definition) is 2. The van der Waals surface area contributed by atoms with E-state index in [4.69, 9.17) is 5.11 Å². The Kier molecular flexibility index (Phi) is 4.49. The summed E-state index contributed by atoms with van der Waals surface area (Å²) in [6.07, 6.45) is 0.658. The molecule has 82 valence electrons. The Morgan fingerprint density at radius 1 is 1.40 bits per heavy atom. The molecule has 0 aliphatic rings. The molecule has 0 amide bonds. The average molecular weight is 226 g/mol. The molecular formula is C11H14O3S. The molecule has 0 bridgehead atoms. The first-order chi connectivity index (χ1) is 7.11. The van der Waals surface area contributed by atoms with Crippen LogP contribution in [-0.2, 0) is 22.0 Å². The lowest BCUT2D eigenvalue weighted by molar-refractivity contribution is -0.136. The lowest BCUT2D eigenvalue weighted by atomic mass is 10.2. The highest BCUT2D eigenvalue weighted by molar-refractivity contribution is 7.86. The Hall–Kier alpha value is -1.16. The van der Waals surface area contributed by atoms with E-state index in [0.29, 0.717) is 12.2 Å². The minimum Gasteiger partial charge on any atom is -0.480 e. The Morgan fingerprint density at radius 3 is 2.53 bits per heavy atom. The Labute approximate surface area is 91.6 Å². The van der Waals surface area contributed by atoms with Gasteiger partial charge in [0.25, 0.3) is 0 Å². The van der Waals surface area contributed by atoms with Crippen LogP contribution >= 0.6 is 0 Å². The van der Waals surface area contributed by atoms with E-state index in [0.717, 1.165) is 5.56 Å². The van der Waals surface area contributed by atoms with Gasteiger partial charge in [0.15, 0.2) is 0 Å². The van der Waals surface area contributed by atoms with Crippen molar-refractivity contribution in [3.8, 4) is 0 Å². The quantitative estimate of drug-likeness (QED) is 0.826. The van der Waals surface area contributed by atoms with E-state index < -0.39 is 22.0 Å². The maximum Gasteiger partial charge on any atom is 0.318 e. The predicted octanol–water partition coefficient (Wildman–Crippen LogP) is 1.45. The van der Waals surface area contributed by atoms with Crippen molar-refractivity contribution in [3.05, 3.63) is 35.9 Å². The van der Waals surface area contributed by atoms with Gasteiger partial charge in [-0.15, -0.1) is 0 Å². The van der Waals surface area contributed by atoms with E-state index in [1.54, 1.807) is 0 Å². The van der Waals surface area contributed by atoms with Crippen LogP contribution in [0, 0.1) is 0 Å². The largest absolute Gasteiger partial charge is 0.480 e. The van der Waals surface area contributed by atoms with Crippen molar-refractivity contribution in [2.45, 2.75) is 18.6 Å². The van der Waals surface area contributed by atoms with Crippen LogP contribution in [0.4, 0.5) is 0 Å². The third-order valence-corrected chi connectivity index (χ3v) is 3.77. The van der Waals surface area contributed by atoms with Crippen molar-refractivity contribution in [1.82, 2.24) is 0 Å². The second-order valence-corrected chi connectivity index (χ2v) is 5.18. The summed E-state index contributed by atoms with van der Waals surface area (Å²) in [6.45, 7) is 1.48. The van der Waals surface area contributed by atoms with Crippen LogP contribution in [0.2, 0.25) is 0 Å². The molecule has 4 heteroatoms. The van der Waals surface area contributed by atoms with Gasteiger partial charge in [-0.2, -0.15) is 0 Å². The molecule has 0 radical (unpaired) electrons. The molecule has 15 heavy (non-hydrogen) atoms. The molecule has 0 spiro atoms. The van der Waals surface area contributed by atoms with Gasteiger partial charge in [-0.25, -0.2) is 0 Å². The number of carboxylic acid groups (broad SMARTS) is 1. The Morgan fingerprint density at radius 2 is 2.00 bits per heavy atom. The van der Waals surface area contributed by atoms with Crippen LogP contribution in [0.3, 0.4) is 0 Å². The van der Waals surface area contributed by atoms with E-state index in [9.17, 15) is 9.00 Å². The number of rotatable bonds is 5. The lowest BCUT2D eigenvalue weighted by Crippen LogP contribution is -2.24. The fraction of sp³-hybridized carbons (Fsp3) is 0.364. The molecule has 2 atom stereocenters. The molecule has 1 N–H and O–H groups in total. The summed E-state index contributed by atoms with van der Waals surface area (Å²) in [6, 6.07) is 9.64. The zero-order chi connectivity index (χ0) is 11.3. The summed E-state index contributed by atoms with van der Waals surface area (Å²) in [5.41, 5.74) is 1.09. The average Bonchev–Trinajstić information content (AvgIpc) is 2.26. The number of carbonyl (C=O) groups is 1. The van der Waals surface area contributed by atoms with E-state index in [1.165, 1.54) is 6.92 Å². The van der Waals surface area contributed by atoms with Crippen LogP contribution in [0.1, 0.15) is 12.5 Å². The van der Waals surface area contributed by atoms with Gasteiger partial charge in [-0.05, 0) is 18.9 Å². The Balaban J connectivity index is 2.44. The van der Waals surface area contributed by atoms with Crippen molar-refractivity contribution in [2.75, 3.05) is 5.75 Å². The SMILES string of the molecule is CC(C(=O)O)S(=O)CCc1ccccc1. The van der Waals surface area contributed by atoms with Gasteiger partial charge in [0.1, 0.15) is 5.25 Å². The summed E-state index contributed by atoms with van der Waals surface area (Å²) in [4.78, 5) is 10.6. The molecule has 0 heterocycles. The number of carboxylic acids is 1. The van der Waals surface area contributed by atoms with Crippen LogP contribution in [0.15, 0.2) is 30.3 Å². The van der Waals surface area contributed by atoms with Gasteiger partial charge >= 0.3 is 5.97 Å². The Bertz CT molecular complexity index is 348. The maximum atomic E-state index is 11.5. The van der Waals surface area contributed by atoms with Crippen LogP contribution < -0.4 is 0 Å². The first-order valence-corrected chi connectivity index (χ1v) is 6.13. The van der Waals surface area contributed by atoms with E-state index >= 15 is 0 Å². The third kappa shape index (κ3) is 3.83. The van der Waals surface area contributed by atoms with E-state index in [-0.39, 0.29) is 0 Å². The van der Waals surface area contributed by atoms with E-state index in [2.05, 4.69) is 0 Å². The maximum absolute atomic E-state index is 11.5.